The molecule has 1 aromatic heterocycles. The summed E-state index contributed by atoms with van der Waals surface area (Å²) < 4.78 is 0. The van der Waals surface area contributed by atoms with Crippen LogP contribution >= 0.6 is 0 Å². The Balaban J connectivity index is 1.44. The number of hydrogen-bond acceptors (Lipinski definition) is 2. The van der Waals surface area contributed by atoms with Gasteiger partial charge in [0.15, 0.2) is 0 Å². The van der Waals surface area contributed by atoms with Crippen molar-refractivity contribution in [2.24, 2.45) is 0 Å². The molecule has 2 amide bonds. The average Bonchev–Trinajstić information content (AvgIpc) is 3.10. The molecule has 1 saturated heterocycles. The number of nitrogens with one attached hydrogen (secondary N) is 2. The van der Waals surface area contributed by atoms with Crippen molar-refractivity contribution in [2.75, 3.05) is 36.4 Å². The van der Waals surface area contributed by atoms with Gasteiger partial charge < -0.3 is 20.1 Å². The Morgan fingerprint density at radius 1 is 1.04 bits per heavy atom. The van der Waals surface area contributed by atoms with Gasteiger partial charge in [0.05, 0.1) is 0 Å². The van der Waals surface area contributed by atoms with E-state index in [9.17, 15) is 4.79 Å². The molecule has 1 aliphatic rings. The van der Waals surface area contributed by atoms with E-state index in [1.807, 2.05) is 41.4 Å². The van der Waals surface area contributed by atoms with Gasteiger partial charge in [-0.25, -0.2) is 4.79 Å². The quantitative estimate of drug-likeness (QED) is 0.748. The van der Waals surface area contributed by atoms with Crippen LogP contribution < -0.4 is 10.2 Å². The number of para-hydroxylation sites is 1. The number of urea groups is 1. The summed E-state index contributed by atoms with van der Waals surface area (Å²) >= 11 is 0. The molecule has 0 radical (unpaired) electrons. The number of amides is 2. The molecule has 5 nitrogen and oxygen atoms in total. The lowest BCUT2D eigenvalue weighted by molar-refractivity contribution is 0.208. The maximum Gasteiger partial charge on any atom is 0.321 e. The standard InChI is InChI=1S/C20H22N4O/c1-15-13-18-17(7-8-21-18)19(14-15)23-9-11-24(12-10-23)20(25)22-16-5-3-2-4-6-16/h2-8,13-14,21H,9-12H2,1H3,(H,22,25). The summed E-state index contributed by atoms with van der Waals surface area (Å²) in [5, 5.41) is 4.21. The second kappa shape index (κ2) is 6.51. The molecule has 0 atom stereocenters. The molecule has 3 aromatic rings. The number of aromatic amines is 1. The molecule has 0 saturated carbocycles. The number of fused-ring (bicyclic) bond motifs is 1. The van der Waals surface area contributed by atoms with Crippen LogP contribution in [0.5, 0.6) is 0 Å². The number of hydrogen-bond donors (Lipinski definition) is 2. The van der Waals surface area contributed by atoms with Gasteiger partial charge in [-0.1, -0.05) is 18.2 Å². The van der Waals surface area contributed by atoms with E-state index in [2.05, 4.69) is 40.3 Å². The smallest absolute Gasteiger partial charge is 0.321 e. The van der Waals surface area contributed by atoms with Gasteiger partial charge in [0.25, 0.3) is 0 Å². The Labute approximate surface area is 147 Å². The van der Waals surface area contributed by atoms with Crippen molar-refractivity contribution in [1.82, 2.24) is 9.88 Å². The van der Waals surface area contributed by atoms with Gasteiger partial charge in [-0.2, -0.15) is 0 Å². The lowest BCUT2D eigenvalue weighted by Gasteiger charge is -2.36. The molecule has 25 heavy (non-hydrogen) atoms. The summed E-state index contributed by atoms with van der Waals surface area (Å²) in [6.45, 7) is 5.24. The van der Waals surface area contributed by atoms with Crippen molar-refractivity contribution in [1.29, 1.82) is 0 Å². The molecular formula is C20H22N4O. The molecule has 2 heterocycles. The first-order valence-corrected chi connectivity index (χ1v) is 8.64. The molecule has 0 unspecified atom stereocenters. The predicted molar refractivity (Wildman–Crippen MR) is 102 cm³/mol. The zero-order chi connectivity index (χ0) is 17.2. The third kappa shape index (κ3) is 3.18. The van der Waals surface area contributed by atoms with E-state index < -0.39 is 0 Å². The third-order valence-corrected chi connectivity index (χ3v) is 4.72. The summed E-state index contributed by atoms with van der Waals surface area (Å²) in [5.41, 5.74) is 4.50. The highest BCUT2D eigenvalue weighted by molar-refractivity contribution is 5.93. The summed E-state index contributed by atoms with van der Waals surface area (Å²) in [6.07, 6.45) is 1.98. The highest BCUT2D eigenvalue weighted by Gasteiger charge is 2.22. The first kappa shape index (κ1) is 15.6. The molecule has 5 heteroatoms. The molecule has 4 rings (SSSR count). The Bertz CT molecular complexity index is 879. The highest BCUT2D eigenvalue weighted by Crippen LogP contribution is 2.28. The monoisotopic (exact) mass is 334 g/mol. The van der Waals surface area contributed by atoms with Crippen LogP contribution in [0.1, 0.15) is 5.56 Å². The third-order valence-electron chi connectivity index (χ3n) is 4.72. The number of aromatic nitrogens is 1. The van der Waals surface area contributed by atoms with Crippen molar-refractivity contribution in [3.63, 3.8) is 0 Å². The summed E-state index contributed by atoms with van der Waals surface area (Å²) in [6, 6.07) is 16.1. The highest BCUT2D eigenvalue weighted by atomic mass is 16.2. The first-order valence-electron chi connectivity index (χ1n) is 8.64. The first-order chi connectivity index (χ1) is 12.2. The predicted octanol–water partition coefficient (Wildman–Crippen LogP) is 3.83. The number of anilines is 2. The van der Waals surface area contributed by atoms with E-state index in [4.69, 9.17) is 0 Å². The van der Waals surface area contributed by atoms with Gasteiger partial charge in [0, 0.05) is 54.7 Å². The fraction of sp³-hybridized carbons (Fsp3) is 0.250. The van der Waals surface area contributed by atoms with E-state index in [0.717, 1.165) is 31.9 Å². The Morgan fingerprint density at radius 3 is 2.56 bits per heavy atom. The molecule has 2 aromatic carbocycles. The molecule has 1 fully saturated rings. The van der Waals surface area contributed by atoms with Gasteiger partial charge >= 0.3 is 6.03 Å². The fourth-order valence-electron chi connectivity index (χ4n) is 3.42. The molecule has 2 N–H and O–H groups in total. The van der Waals surface area contributed by atoms with Crippen molar-refractivity contribution in [3.05, 3.63) is 60.3 Å². The minimum Gasteiger partial charge on any atom is -0.367 e. The molecule has 0 bridgehead atoms. The topological polar surface area (TPSA) is 51.4 Å². The maximum absolute atomic E-state index is 12.4. The minimum absolute atomic E-state index is 0.0260. The average molecular weight is 334 g/mol. The van der Waals surface area contributed by atoms with Crippen molar-refractivity contribution < 1.29 is 4.79 Å². The molecule has 1 aliphatic heterocycles. The Morgan fingerprint density at radius 2 is 1.80 bits per heavy atom. The summed E-state index contributed by atoms with van der Waals surface area (Å²) in [4.78, 5) is 20.0. The van der Waals surface area contributed by atoms with E-state index in [-0.39, 0.29) is 6.03 Å². The minimum atomic E-state index is -0.0260. The van der Waals surface area contributed by atoms with E-state index in [0.29, 0.717) is 0 Å². The van der Waals surface area contributed by atoms with Gasteiger partial charge in [0.1, 0.15) is 0 Å². The fourth-order valence-corrected chi connectivity index (χ4v) is 3.42. The van der Waals surface area contributed by atoms with Crippen LogP contribution in [0.4, 0.5) is 16.2 Å². The van der Waals surface area contributed by atoms with Gasteiger partial charge in [-0.3, -0.25) is 0 Å². The number of H-pyrrole nitrogens is 1. The normalized spacial score (nSPS) is 14.8. The number of piperazine rings is 1. The van der Waals surface area contributed by atoms with Crippen LogP contribution in [0.25, 0.3) is 10.9 Å². The van der Waals surface area contributed by atoms with Crippen LogP contribution in [-0.2, 0) is 0 Å². The number of carbonyl (C=O) groups excluding carboxylic acids is 1. The largest absolute Gasteiger partial charge is 0.367 e. The molecular weight excluding hydrogens is 312 g/mol. The zero-order valence-electron chi connectivity index (χ0n) is 14.3. The summed E-state index contributed by atoms with van der Waals surface area (Å²) in [7, 11) is 0. The van der Waals surface area contributed by atoms with E-state index in [1.54, 1.807) is 0 Å². The number of carbonyl (C=O) groups is 1. The second-order valence-corrected chi connectivity index (χ2v) is 6.49. The van der Waals surface area contributed by atoms with Gasteiger partial charge in [-0.05, 0) is 42.8 Å². The number of benzene rings is 2. The lowest BCUT2D eigenvalue weighted by atomic mass is 10.1. The Kier molecular flexibility index (Phi) is 4.06. The van der Waals surface area contributed by atoms with Crippen molar-refractivity contribution in [3.8, 4) is 0 Å². The van der Waals surface area contributed by atoms with Crippen molar-refractivity contribution in [2.45, 2.75) is 6.92 Å². The zero-order valence-corrected chi connectivity index (χ0v) is 14.3. The van der Waals surface area contributed by atoms with Gasteiger partial charge in [0.2, 0.25) is 0 Å². The van der Waals surface area contributed by atoms with Crippen LogP contribution in [0.2, 0.25) is 0 Å². The lowest BCUT2D eigenvalue weighted by Crippen LogP contribution is -2.50. The van der Waals surface area contributed by atoms with Crippen LogP contribution in [0, 0.1) is 6.92 Å². The van der Waals surface area contributed by atoms with Crippen molar-refractivity contribution >= 4 is 28.3 Å². The Hall–Kier alpha value is -2.95. The van der Waals surface area contributed by atoms with Crippen LogP contribution in [0.15, 0.2) is 54.7 Å². The number of rotatable bonds is 2. The SMILES string of the molecule is Cc1cc(N2CCN(C(=O)Nc3ccccc3)CC2)c2cc[nH]c2c1. The maximum atomic E-state index is 12.4. The number of nitrogens with zero attached hydrogens (tertiary/aromatic N) is 2. The van der Waals surface area contributed by atoms with Crippen LogP contribution in [0.3, 0.4) is 0 Å². The molecule has 128 valence electrons. The summed E-state index contributed by atoms with van der Waals surface area (Å²) in [5.74, 6) is 0. The van der Waals surface area contributed by atoms with Gasteiger partial charge in [-0.15, -0.1) is 0 Å². The molecule has 0 spiro atoms. The number of aryl methyl sites for hydroxylation is 1. The van der Waals surface area contributed by atoms with E-state index >= 15 is 0 Å². The second-order valence-electron chi connectivity index (χ2n) is 6.49. The van der Waals surface area contributed by atoms with Crippen LogP contribution in [-0.4, -0.2) is 42.1 Å². The van der Waals surface area contributed by atoms with E-state index in [1.165, 1.54) is 22.2 Å². The molecule has 0 aliphatic carbocycles.